The maximum absolute atomic E-state index is 11.3. The van der Waals surface area contributed by atoms with E-state index in [1.54, 1.807) is 20.4 Å². The molecule has 0 saturated carbocycles. The Morgan fingerprint density at radius 1 is 1.59 bits per heavy atom. The van der Waals surface area contributed by atoms with Crippen molar-refractivity contribution < 1.29 is 14.3 Å². The first-order chi connectivity index (χ1) is 8.19. The van der Waals surface area contributed by atoms with Crippen molar-refractivity contribution >= 4 is 17.7 Å². The van der Waals surface area contributed by atoms with Crippen LogP contribution in [-0.2, 0) is 20.8 Å². The highest BCUT2D eigenvalue weighted by Gasteiger charge is 2.17. The summed E-state index contributed by atoms with van der Waals surface area (Å²) in [5.41, 5.74) is 0. The number of thioether (sulfide) groups is 1. The Morgan fingerprint density at radius 2 is 2.35 bits per heavy atom. The van der Waals surface area contributed by atoms with Gasteiger partial charge in [0.25, 0.3) is 0 Å². The second kappa shape index (κ2) is 7.29. The molecule has 0 bridgehead atoms. The molecule has 0 fully saturated rings. The maximum Gasteiger partial charge on any atom is 0.318 e. The second-order valence-corrected chi connectivity index (χ2v) is 4.74. The van der Waals surface area contributed by atoms with E-state index in [0.717, 1.165) is 18.1 Å². The number of nitrogens with zero attached hydrogens (tertiary/aromatic N) is 3. The van der Waals surface area contributed by atoms with E-state index in [1.165, 1.54) is 18.9 Å². The zero-order valence-electron chi connectivity index (χ0n) is 10.3. The fraction of sp³-hybridized carbons (Fsp3) is 0.700. The molecule has 6 nitrogen and oxygen atoms in total. The largest absolute Gasteiger partial charge is 0.468 e. The molecule has 0 N–H and O–H groups in total. The van der Waals surface area contributed by atoms with Gasteiger partial charge in [0.1, 0.15) is 11.6 Å². The lowest BCUT2D eigenvalue weighted by molar-refractivity contribution is -0.139. The smallest absolute Gasteiger partial charge is 0.318 e. The average Bonchev–Trinajstić information content (AvgIpc) is 2.76. The molecule has 0 saturated heterocycles. The molecule has 0 aliphatic carbocycles. The van der Waals surface area contributed by atoms with Crippen LogP contribution in [0, 0.1) is 0 Å². The molecule has 7 heteroatoms. The van der Waals surface area contributed by atoms with E-state index >= 15 is 0 Å². The minimum atomic E-state index is -0.287. The van der Waals surface area contributed by atoms with Crippen molar-refractivity contribution in [3.05, 3.63) is 6.33 Å². The third-order valence-corrected chi connectivity index (χ3v) is 3.22. The highest BCUT2D eigenvalue weighted by atomic mass is 32.2. The summed E-state index contributed by atoms with van der Waals surface area (Å²) >= 11 is 1.34. The van der Waals surface area contributed by atoms with Gasteiger partial charge in [0.15, 0.2) is 5.16 Å². The fourth-order valence-corrected chi connectivity index (χ4v) is 2.12. The molecule has 1 heterocycles. The predicted molar refractivity (Wildman–Crippen MR) is 63.9 cm³/mol. The van der Waals surface area contributed by atoms with Crippen molar-refractivity contribution in [1.29, 1.82) is 0 Å². The van der Waals surface area contributed by atoms with E-state index in [9.17, 15) is 4.79 Å². The van der Waals surface area contributed by atoms with Crippen LogP contribution in [-0.4, -0.2) is 46.8 Å². The molecule has 1 aromatic rings. The molecule has 17 heavy (non-hydrogen) atoms. The minimum Gasteiger partial charge on any atom is -0.468 e. The fourth-order valence-electron chi connectivity index (χ4n) is 1.24. The molecule has 0 spiro atoms. The zero-order valence-corrected chi connectivity index (χ0v) is 11.1. The van der Waals surface area contributed by atoms with Crippen LogP contribution in [0.1, 0.15) is 13.3 Å². The van der Waals surface area contributed by atoms with Crippen LogP contribution in [0.15, 0.2) is 11.5 Å². The molecule has 1 aromatic heterocycles. The number of ether oxygens (including phenoxy) is 2. The van der Waals surface area contributed by atoms with E-state index in [0.29, 0.717) is 6.61 Å². The van der Waals surface area contributed by atoms with E-state index in [2.05, 4.69) is 14.9 Å². The van der Waals surface area contributed by atoms with Gasteiger partial charge in [0.05, 0.1) is 7.11 Å². The van der Waals surface area contributed by atoms with Crippen LogP contribution in [0.4, 0.5) is 0 Å². The molecule has 0 aliphatic heterocycles. The van der Waals surface area contributed by atoms with E-state index in [1.807, 2.05) is 4.57 Å². The summed E-state index contributed by atoms with van der Waals surface area (Å²) in [6.45, 7) is 3.25. The SMILES string of the molecule is COCCCn1cnnc1SC(C)C(=O)OC. The van der Waals surface area contributed by atoms with Gasteiger partial charge in [-0.25, -0.2) is 0 Å². The molecular formula is C10H17N3O3S. The van der Waals surface area contributed by atoms with Crippen LogP contribution in [0.3, 0.4) is 0 Å². The molecule has 1 atom stereocenters. The van der Waals surface area contributed by atoms with E-state index < -0.39 is 0 Å². The lowest BCUT2D eigenvalue weighted by Gasteiger charge is -2.09. The molecule has 1 unspecified atom stereocenters. The van der Waals surface area contributed by atoms with Crippen molar-refractivity contribution in [3.8, 4) is 0 Å². The zero-order chi connectivity index (χ0) is 12.7. The number of rotatable bonds is 7. The van der Waals surface area contributed by atoms with Crippen LogP contribution in [0.25, 0.3) is 0 Å². The maximum atomic E-state index is 11.3. The van der Waals surface area contributed by atoms with Crippen LogP contribution in [0.5, 0.6) is 0 Å². The van der Waals surface area contributed by atoms with Gasteiger partial charge in [-0.3, -0.25) is 4.79 Å². The van der Waals surface area contributed by atoms with Crippen molar-refractivity contribution in [2.45, 2.75) is 30.3 Å². The Morgan fingerprint density at radius 3 is 3.00 bits per heavy atom. The number of carbonyl (C=O) groups excluding carboxylic acids is 1. The summed E-state index contributed by atoms with van der Waals surface area (Å²) in [6, 6.07) is 0. The van der Waals surface area contributed by atoms with Gasteiger partial charge in [-0.1, -0.05) is 11.8 Å². The second-order valence-electron chi connectivity index (χ2n) is 3.44. The van der Waals surface area contributed by atoms with Crippen molar-refractivity contribution in [2.24, 2.45) is 0 Å². The van der Waals surface area contributed by atoms with Gasteiger partial charge in [-0.2, -0.15) is 0 Å². The molecule has 1 rings (SSSR count). The molecule has 0 amide bonds. The minimum absolute atomic E-state index is 0.263. The quantitative estimate of drug-likeness (QED) is 0.413. The molecule has 96 valence electrons. The number of aromatic nitrogens is 3. The topological polar surface area (TPSA) is 66.2 Å². The molecule has 0 aliphatic rings. The van der Waals surface area contributed by atoms with Crippen molar-refractivity contribution in [1.82, 2.24) is 14.8 Å². The predicted octanol–water partition coefficient (Wildman–Crippen LogP) is 0.968. The number of hydrogen-bond acceptors (Lipinski definition) is 6. The summed E-state index contributed by atoms with van der Waals surface area (Å²) in [5, 5.41) is 8.25. The van der Waals surface area contributed by atoms with Gasteiger partial charge < -0.3 is 14.0 Å². The lowest BCUT2D eigenvalue weighted by Crippen LogP contribution is -2.15. The van der Waals surface area contributed by atoms with Crippen molar-refractivity contribution in [2.75, 3.05) is 20.8 Å². The van der Waals surface area contributed by atoms with Crippen LogP contribution in [0.2, 0.25) is 0 Å². The van der Waals surface area contributed by atoms with E-state index in [-0.39, 0.29) is 11.2 Å². The first kappa shape index (κ1) is 14.0. The monoisotopic (exact) mass is 259 g/mol. The van der Waals surface area contributed by atoms with Crippen LogP contribution >= 0.6 is 11.8 Å². The molecule has 0 aromatic carbocycles. The third-order valence-electron chi connectivity index (χ3n) is 2.14. The Kier molecular flexibility index (Phi) is 5.99. The van der Waals surface area contributed by atoms with Gasteiger partial charge in [-0.05, 0) is 13.3 Å². The summed E-state index contributed by atoms with van der Waals surface area (Å²) < 4.78 is 11.5. The number of esters is 1. The standard InChI is InChI=1S/C10H17N3O3S/c1-8(9(14)16-3)17-10-12-11-7-13(10)5-4-6-15-2/h7-8H,4-6H2,1-3H3. The Balaban J connectivity index is 2.53. The van der Waals surface area contributed by atoms with Gasteiger partial charge in [0, 0.05) is 20.3 Å². The number of hydrogen-bond donors (Lipinski definition) is 0. The highest BCUT2D eigenvalue weighted by Crippen LogP contribution is 2.21. The van der Waals surface area contributed by atoms with Gasteiger partial charge >= 0.3 is 5.97 Å². The lowest BCUT2D eigenvalue weighted by atomic mass is 10.4. The first-order valence-electron chi connectivity index (χ1n) is 5.30. The molecule has 0 radical (unpaired) electrons. The molecular weight excluding hydrogens is 242 g/mol. The normalized spacial score (nSPS) is 12.4. The van der Waals surface area contributed by atoms with Crippen LogP contribution < -0.4 is 0 Å². The average molecular weight is 259 g/mol. The van der Waals surface area contributed by atoms with E-state index in [4.69, 9.17) is 4.74 Å². The highest BCUT2D eigenvalue weighted by molar-refractivity contribution is 8.00. The number of methoxy groups -OCH3 is 2. The summed E-state index contributed by atoms with van der Waals surface area (Å²) in [5.74, 6) is -0.263. The van der Waals surface area contributed by atoms with Gasteiger partial charge in [-0.15, -0.1) is 10.2 Å². The number of aryl methyl sites for hydroxylation is 1. The Bertz CT molecular complexity index is 356. The summed E-state index contributed by atoms with van der Waals surface area (Å²) in [4.78, 5) is 11.3. The number of carbonyl (C=O) groups is 1. The Hall–Kier alpha value is -1.08. The summed E-state index contributed by atoms with van der Waals surface area (Å²) in [7, 11) is 3.05. The third kappa shape index (κ3) is 4.35. The van der Waals surface area contributed by atoms with Gasteiger partial charge in [0.2, 0.25) is 0 Å². The summed E-state index contributed by atoms with van der Waals surface area (Å²) in [6.07, 6.45) is 2.54. The van der Waals surface area contributed by atoms with Crippen molar-refractivity contribution in [3.63, 3.8) is 0 Å². The first-order valence-corrected chi connectivity index (χ1v) is 6.18. The Labute approximate surface area is 105 Å².